The maximum absolute atomic E-state index is 13.5. The number of nitrogen functional groups attached to an aromatic ring is 1. The van der Waals surface area contributed by atoms with Crippen LogP contribution in [0.15, 0.2) is 47.4 Å². The molecule has 0 saturated heterocycles. The summed E-state index contributed by atoms with van der Waals surface area (Å²) in [7, 11) is -4.08. The quantitative estimate of drug-likeness (QED) is 0.738. The molecule has 2 aromatic rings. The van der Waals surface area contributed by atoms with Crippen molar-refractivity contribution in [1.82, 2.24) is 0 Å². The Morgan fingerprint density at radius 3 is 2.38 bits per heavy atom. The van der Waals surface area contributed by atoms with Crippen LogP contribution >= 0.6 is 0 Å². The van der Waals surface area contributed by atoms with E-state index >= 15 is 0 Å². The van der Waals surface area contributed by atoms with E-state index in [0.29, 0.717) is 0 Å². The van der Waals surface area contributed by atoms with Crippen molar-refractivity contribution in [3.8, 4) is 0 Å². The van der Waals surface area contributed by atoms with E-state index in [-0.39, 0.29) is 21.8 Å². The van der Waals surface area contributed by atoms with Gasteiger partial charge >= 0.3 is 0 Å². The standard InChI is InChI=1S/C13H12FN3O3S/c14-9-3-1-2-4-11(9)17-21(19,20)12-6-5-8(13(16)18)7-10(12)15/h1-7,17H,15H2,(H2,16,18). The SMILES string of the molecule is NC(=O)c1ccc(S(=O)(=O)Nc2ccccc2F)c(N)c1. The Morgan fingerprint density at radius 1 is 1.14 bits per heavy atom. The number of benzene rings is 2. The van der Waals surface area contributed by atoms with Crippen LogP contribution in [0.3, 0.4) is 0 Å². The summed E-state index contributed by atoms with van der Waals surface area (Å²) in [6.07, 6.45) is 0. The second-order valence-corrected chi connectivity index (χ2v) is 5.85. The number of anilines is 2. The molecule has 0 heterocycles. The Morgan fingerprint density at radius 2 is 1.81 bits per heavy atom. The van der Waals surface area contributed by atoms with E-state index in [1.807, 2.05) is 0 Å². The van der Waals surface area contributed by atoms with Crippen molar-refractivity contribution >= 4 is 27.3 Å². The molecule has 8 heteroatoms. The average Bonchev–Trinajstić information content (AvgIpc) is 2.40. The topological polar surface area (TPSA) is 115 Å². The highest BCUT2D eigenvalue weighted by Crippen LogP contribution is 2.23. The van der Waals surface area contributed by atoms with Crippen molar-refractivity contribution in [1.29, 1.82) is 0 Å². The van der Waals surface area contributed by atoms with Crippen LogP contribution in [-0.2, 0) is 10.0 Å². The van der Waals surface area contributed by atoms with Crippen molar-refractivity contribution < 1.29 is 17.6 Å². The molecular weight excluding hydrogens is 297 g/mol. The van der Waals surface area contributed by atoms with Gasteiger partial charge in [0.2, 0.25) is 5.91 Å². The first kappa shape index (κ1) is 14.8. The zero-order valence-electron chi connectivity index (χ0n) is 10.7. The lowest BCUT2D eigenvalue weighted by atomic mass is 10.2. The first-order chi connectivity index (χ1) is 9.81. The fourth-order valence-electron chi connectivity index (χ4n) is 1.69. The van der Waals surface area contributed by atoms with Crippen molar-refractivity contribution in [2.24, 2.45) is 5.73 Å². The third-order valence-corrected chi connectivity index (χ3v) is 4.14. The number of nitrogens with two attached hydrogens (primary N) is 2. The summed E-state index contributed by atoms with van der Waals surface area (Å²) in [5.41, 5.74) is 10.4. The maximum atomic E-state index is 13.5. The van der Waals surface area contributed by atoms with Gasteiger partial charge in [-0.25, -0.2) is 12.8 Å². The summed E-state index contributed by atoms with van der Waals surface area (Å²) < 4.78 is 39.9. The zero-order valence-corrected chi connectivity index (χ0v) is 11.5. The Hall–Kier alpha value is -2.61. The number of rotatable bonds is 4. The van der Waals surface area contributed by atoms with Crippen LogP contribution in [0.25, 0.3) is 0 Å². The van der Waals surface area contributed by atoms with E-state index in [1.54, 1.807) is 0 Å². The lowest BCUT2D eigenvalue weighted by Gasteiger charge is -2.11. The molecule has 0 aliphatic rings. The summed E-state index contributed by atoms with van der Waals surface area (Å²) in [6, 6.07) is 8.84. The first-order valence-corrected chi connectivity index (χ1v) is 7.26. The van der Waals surface area contributed by atoms with Crippen LogP contribution in [0.1, 0.15) is 10.4 Å². The van der Waals surface area contributed by atoms with Crippen LogP contribution in [0, 0.1) is 5.82 Å². The molecule has 0 unspecified atom stereocenters. The molecule has 5 N–H and O–H groups in total. The predicted octanol–water partition coefficient (Wildman–Crippen LogP) is 1.31. The number of hydrogen-bond donors (Lipinski definition) is 3. The van der Waals surface area contributed by atoms with Gasteiger partial charge in [-0.05, 0) is 30.3 Å². The monoisotopic (exact) mass is 309 g/mol. The molecule has 2 aromatic carbocycles. The van der Waals surface area contributed by atoms with Gasteiger partial charge in [-0.15, -0.1) is 0 Å². The van der Waals surface area contributed by atoms with Gasteiger partial charge in [0.1, 0.15) is 10.7 Å². The fourth-order valence-corrected chi connectivity index (χ4v) is 2.87. The number of hydrogen-bond acceptors (Lipinski definition) is 4. The smallest absolute Gasteiger partial charge is 0.264 e. The molecule has 21 heavy (non-hydrogen) atoms. The molecule has 0 aliphatic carbocycles. The Labute approximate surface area is 120 Å². The van der Waals surface area contributed by atoms with Gasteiger partial charge < -0.3 is 11.5 Å². The molecule has 110 valence electrons. The summed E-state index contributed by atoms with van der Waals surface area (Å²) in [6.45, 7) is 0. The molecule has 0 fully saturated rings. The van der Waals surface area contributed by atoms with Crippen LogP contribution in [0.2, 0.25) is 0 Å². The minimum atomic E-state index is -4.08. The number of primary amides is 1. The van der Waals surface area contributed by atoms with E-state index in [0.717, 1.165) is 18.2 Å². The zero-order chi connectivity index (χ0) is 15.6. The number of sulfonamides is 1. The van der Waals surface area contributed by atoms with E-state index in [9.17, 15) is 17.6 Å². The van der Waals surface area contributed by atoms with Crippen molar-refractivity contribution in [2.45, 2.75) is 4.90 Å². The van der Waals surface area contributed by atoms with E-state index in [1.165, 1.54) is 24.3 Å². The van der Waals surface area contributed by atoms with Crippen LogP contribution in [-0.4, -0.2) is 14.3 Å². The molecule has 0 spiro atoms. The summed E-state index contributed by atoms with van der Waals surface area (Å²) >= 11 is 0. The van der Waals surface area contributed by atoms with Gasteiger partial charge in [-0.3, -0.25) is 9.52 Å². The van der Waals surface area contributed by atoms with Gasteiger partial charge in [-0.2, -0.15) is 0 Å². The largest absolute Gasteiger partial charge is 0.398 e. The average molecular weight is 309 g/mol. The third-order valence-electron chi connectivity index (χ3n) is 2.70. The Kier molecular flexibility index (Phi) is 3.81. The van der Waals surface area contributed by atoms with Gasteiger partial charge in [0, 0.05) is 5.56 Å². The molecule has 0 aromatic heterocycles. The second-order valence-electron chi connectivity index (χ2n) is 4.20. The number of nitrogens with one attached hydrogen (secondary N) is 1. The Bertz CT molecular complexity index is 806. The molecule has 6 nitrogen and oxygen atoms in total. The van der Waals surface area contributed by atoms with Crippen molar-refractivity contribution in [2.75, 3.05) is 10.5 Å². The Balaban J connectivity index is 2.41. The number of halogens is 1. The molecule has 0 saturated carbocycles. The normalized spacial score (nSPS) is 11.1. The summed E-state index contributed by atoms with van der Waals surface area (Å²) in [4.78, 5) is 10.7. The molecule has 0 atom stereocenters. The van der Waals surface area contributed by atoms with Crippen LogP contribution in [0.4, 0.5) is 15.8 Å². The molecule has 0 radical (unpaired) electrons. The highest BCUT2D eigenvalue weighted by atomic mass is 32.2. The highest BCUT2D eigenvalue weighted by molar-refractivity contribution is 7.92. The van der Waals surface area contributed by atoms with Gasteiger partial charge in [0.05, 0.1) is 11.4 Å². The maximum Gasteiger partial charge on any atom is 0.264 e. The molecule has 1 amide bonds. The molecule has 0 bridgehead atoms. The van der Waals surface area contributed by atoms with Crippen molar-refractivity contribution in [3.63, 3.8) is 0 Å². The number of para-hydroxylation sites is 1. The molecule has 0 aliphatic heterocycles. The minimum absolute atomic E-state index is 0.0809. The minimum Gasteiger partial charge on any atom is -0.398 e. The van der Waals surface area contributed by atoms with Gasteiger partial charge in [0.25, 0.3) is 10.0 Å². The predicted molar refractivity (Wildman–Crippen MR) is 76.6 cm³/mol. The van der Waals surface area contributed by atoms with Gasteiger partial charge in [0.15, 0.2) is 0 Å². The molecular formula is C13H12FN3O3S. The lowest BCUT2D eigenvalue weighted by Crippen LogP contribution is -2.17. The van der Waals surface area contributed by atoms with Gasteiger partial charge in [-0.1, -0.05) is 12.1 Å². The fraction of sp³-hybridized carbons (Fsp3) is 0. The van der Waals surface area contributed by atoms with Crippen LogP contribution in [0.5, 0.6) is 0 Å². The van der Waals surface area contributed by atoms with E-state index < -0.39 is 21.7 Å². The first-order valence-electron chi connectivity index (χ1n) is 5.78. The van der Waals surface area contributed by atoms with E-state index in [4.69, 9.17) is 11.5 Å². The van der Waals surface area contributed by atoms with Crippen LogP contribution < -0.4 is 16.2 Å². The highest BCUT2D eigenvalue weighted by Gasteiger charge is 2.19. The van der Waals surface area contributed by atoms with Crippen molar-refractivity contribution in [3.05, 3.63) is 53.8 Å². The molecule has 2 rings (SSSR count). The summed E-state index contributed by atoms with van der Waals surface area (Å²) in [5.74, 6) is -1.44. The number of carbonyl (C=O) groups excluding carboxylic acids is 1. The number of amides is 1. The van der Waals surface area contributed by atoms with E-state index in [2.05, 4.69) is 4.72 Å². The lowest BCUT2D eigenvalue weighted by molar-refractivity contribution is 0.1000. The third kappa shape index (κ3) is 3.11. The number of carbonyl (C=O) groups is 1. The second kappa shape index (κ2) is 5.41. The summed E-state index contributed by atoms with van der Waals surface area (Å²) in [5, 5.41) is 0.